The first kappa shape index (κ1) is 9.77. The summed E-state index contributed by atoms with van der Waals surface area (Å²) in [5, 5.41) is 0. The van der Waals surface area contributed by atoms with Gasteiger partial charge in [0.1, 0.15) is 9.84 Å². The number of halogens is 1. The van der Waals surface area contributed by atoms with Crippen LogP contribution in [0.4, 0.5) is 0 Å². The fourth-order valence-corrected chi connectivity index (χ4v) is 4.14. The maximum absolute atomic E-state index is 10.9. The van der Waals surface area contributed by atoms with Crippen LogP contribution in [0.15, 0.2) is 0 Å². The van der Waals surface area contributed by atoms with E-state index in [4.69, 9.17) is 0 Å². The summed E-state index contributed by atoms with van der Waals surface area (Å²) in [7, 11) is -2.75. The van der Waals surface area contributed by atoms with E-state index in [2.05, 4.69) is 22.6 Å². The Morgan fingerprint density at radius 1 is 1.45 bits per heavy atom. The second-order valence-electron chi connectivity index (χ2n) is 3.30. The standard InChI is InChI=1S/C7H13IO2S/c1-11(9,10)5-6-3-2-4-7(6)8/h6-7H,2-5H2,1H3/t6-,7+/m1/s1. The maximum Gasteiger partial charge on any atom is 0.147 e. The van der Waals surface area contributed by atoms with Crippen LogP contribution < -0.4 is 0 Å². The third-order valence-corrected chi connectivity index (χ3v) is 4.76. The van der Waals surface area contributed by atoms with Crippen molar-refractivity contribution in [3.8, 4) is 0 Å². The third-order valence-electron chi connectivity index (χ3n) is 2.08. The minimum atomic E-state index is -2.75. The lowest BCUT2D eigenvalue weighted by molar-refractivity contribution is 0.572. The Labute approximate surface area is 81.8 Å². The highest BCUT2D eigenvalue weighted by Crippen LogP contribution is 2.32. The Kier molecular flexibility index (Phi) is 3.19. The Morgan fingerprint density at radius 3 is 2.45 bits per heavy atom. The average Bonchev–Trinajstić information content (AvgIpc) is 2.12. The molecule has 4 heteroatoms. The topological polar surface area (TPSA) is 34.1 Å². The van der Waals surface area contributed by atoms with Crippen molar-refractivity contribution < 1.29 is 8.42 Å². The smallest absolute Gasteiger partial charge is 0.147 e. The van der Waals surface area contributed by atoms with Crippen LogP contribution in [0.1, 0.15) is 19.3 Å². The van der Waals surface area contributed by atoms with Crippen molar-refractivity contribution in [1.82, 2.24) is 0 Å². The van der Waals surface area contributed by atoms with Gasteiger partial charge >= 0.3 is 0 Å². The van der Waals surface area contributed by atoms with Crippen molar-refractivity contribution in [2.45, 2.75) is 23.2 Å². The quantitative estimate of drug-likeness (QED) is 0.572. The lowest BCUT2D eigenvalue weighted by Gasteiger charge is -2.11. The molecule has 0 unspecified atom stereocenters. The van der Waals surface area contributed by atoms with Gasteiger partial charge in [-0.05, 0) is 18.8 Å². The summed E-state index contributed by atoms with van der Waals surface area (Å²) >= 11 is 2.37. The molecular formula is C7H13IO2S. The van der Waals surface area contributed by atoms with Gasteiger partial charge in [-0.3, -0.25) is 0 Å². The van der Waals surface area contributed by atoms with Gasteiger partial charge in [-0.2, -0.15) is 0 Å². The second-order valence-corrected chi connectivity index (χ2v) is 7.08. The van der Waals surface area contributed by atoms with Gasteiger partial charge in [0.05, 0.1) is 5.75 Å². The Morgan fingerprint density at radius 2 is 2.09 bits per heavy atom. The highest BCUT2D eigenvalue weighted by Gasteiger charge is 2.27. The molecule has 0 N–H and O–H groups in total. The number of hydrogen-bond acceptors (Lipinski definition) is 2. The number of hydrogen-bond donors (Lipinski definition) is 0. The molecule has 0 aromatic rings. The van der Waals surface area contributed by atoms with Crippen LogP contribution >= 0.6 is 22.6 Å². The Hall–Kier alpha value is 0.680. The number of sulfone groups is 1. The van der Waals surface area contributed by atoms with Crippen molar-refractivity contribution in [2.75, 3.05) is 12.0 Å². The van der Waals surface area contributed by atoms with E-state index in [9.17, 15) is 8.42 Å². The molecule has 1 rings (SSSR count). The van der Waals surface area contributed by atoms with Gasteiger partial charge < -0.3 is 0 Å². The molecular weight excluding hydrogens is 275 g/mol. The van der Waals surface area contributed by atoms with Crippen molar-refractivity contribution in [1.29, 1.82) is 0 Å². The molecule has 0 aromatic carbocycles. The second kappa shape index (κ2) is 3.60. The van der Waals surface area contributed by atoms with Gasteiger partial charge in [0, 0.05) is 10.2 Å². The van der Waals surface area contributed by atoms with Gasteiger partial charge in [-0.1, -0.05) is 29.0 Å². The zero-order valence-corrected chi connectivity index (χ0v) is 9.56. The third kappa shape index (κ3) is 3.27. The molecule has 1 fully saturated rings. The van der Waals surface area contributed by atoms with Gasteiger partial charge in [0.15, 0.2) is 0 Å². The van der Waals surface area contributed by atoms with E-state index in [0.717, 1.165) is 6.42 Å². The first-order valence-electron chi connectivity index (χ1n) is 3.81. The summed E-state index contributed by atoms with van der Waals surface area (Å²) in [6.45, 7) is 0. The minimum Gasteiger partial charge on any atom is -0.229 e. The molecule has 0 bridgehead atoms. The molecule has 1 aliphatic rings. The first-order chi connectivity index (χ1) is 4.99. The predicted octanol–water partition coefficient (Wildman–Crippen LogP) is 1.63. The lowest BCUT2D eigenvalue weighted by atomic mass is 10.1. The molecule has 2 atom stereocenters. The molecule has 0 aliphatic heterocycles. The Balaban J connectivity index is 2.50. The molecule has 11 heavy (non-hydrogen) atoms. The van der Waals surface area contributed by atoms with Crippen molar-refractivity contribution in [3.63, 3.8) is 0 Å². The van der Waals surface area contributed by atoms with Crippen LogP contribution in [0.25, 0.3) is 0 Å². The van der Waals surface area contributed by atoms with Crippen molar-refractivity contribution in [2.24, 2.45) is 5.92 Å². The number of rotatable bonds is 2. The molecule has 0 aromatic heterocycles. The van der Waals surface area contributed by atoms with E-state index in [0.29, 0.717) is 15.6 Å². The van der Waals surface area contributed by atoms with Crippen LogP contribution in [0, 0.1) is 5.92 Å². The zero-order valence-electron chi connectivity index (χ0n) is 6.59. The summed E-state index contributed by atoms with van der Waals surface area (Å²) < 4.78 is 22.4. The maximum atomic E-state index is 10.9. The molecule has 0 amide bonds. The van der Waals surface area contributed by atoms with Crippen LogP contribution in [-0.4, -0.2) is 24.4 Å². The van der Waals surface area contributed by atoms with Crippen LogP contribution in [0.2, 0.25) is 0 Å². The van der Waals surface area contributed by atoms with E-state index >= 15 is 0 Å². The summed E-state index contributed by atoms with van der Waals surface area (Å²) in [4.78, 5) is 0. The van der Waals surface area contributed by atoms with Gasteiger partial charge in [0.2, 0.25) is 0 Å². The van der Waals surface area contributed by atoms with Crippen LogP contribution in [0.3, 0.4) is 0 Å². The Bertz CT molecular complexity index is 223. The molecule has 1 aliphatic carbocycles. The molecule has 1 saturated carbocycles. The van der Waals surface area contributed by atoms with E-state index in [1.807, 2.05) is 0 Å². The predicted molar refractivity (Wildman–Crippen MR) is 54.9 cm³/mol. The highest BCUT2D eigenvalue weighted by molar-refractivity contribution is 14.1. The highest BCUT2D eigenvalue weighted by atomic mass is 127. The van der Waals surface area contributed by atoms with Gasteiger partial charge in [-0.15, -0.1) is 0 Å². The number of alkyl halides is 1. The first-order valence-corrected chi connectivity index (χ1v) is 7.11. The van der Waals surface area contributed by atoms with E-state index in [-0.39, 0.29) is 0 Å². The molecule has 0 heterocycles. The summed E-state index contributed by atoms with van der Waals surface area (Å²) in [5.41, 5.74) is 0. The van der Waals surface area contributed by atoms with Crippen LogP contribution in [0.5, 0.6) is 0 Å². The van der Waals surface area contributed by atoms with E-state index in [1.54, 1.807) is 0 Å². The molecule has 0 saturated heterocycles. The molecule has 66 valence electrons. The zero-order chi connectivity index (χ0) is 8.48. The normalized spacial score (nSPS) is 32.5. The van der Waals surface area contributed by atoms with Gasteiger partial charge in [-0.25, -0.2) is 8.42 Å². The van der Waals surface area contributed by atoms with Crippen molar-refractivity contribution >= 4 is 32.4 Å². The van der Waals surface area contributed by atoms with E-state index in [1.165, 1.54) is 19.1 Å². The lowest BCUT2D eigenvalue weighted by Crippen LogP contribution is -2.18. The largest absolute Gasteiger partial charge is 0.229 e. The summed E-state index contributed by atoms with van der Waals surface area (Å²) in [6.07, 6.45) is 4.82. The summed E-state index contributed by atoms with van der Waals surface area (Å²) in [6, 6.07) is 0. The monoisotopic (exact) mass is 288 g/mol. The fraction of sp³-hybridized carbons (Fsp3) is 1.00. The minimum absolute atomic E-state index is 0.389. The average molecular weight is 288 g/mol. The van der Waals surface area contributed by atoms with Crippen molar-refractivity contribution in [3.05, 3.63) is 0 Å². The van der Waals surface area contributed by atoms with Crippen LogP contribution in [-0.2, 0) is 9.84 Å². The molecule has 2 nitrogen and oxygen atoms in total. The van der Waals surface area contributed by atoms with E-state index < -0.39 is 9.84 Å². The fourth-order valence-electron chi connectivity index (χ4n) is 1.57. The summed E-state index contributed by atoms with van der Waals surface area (Å²) in [5.74, 6) is 0.811. The SMILES string of the molecule is CS(=O)(=O)C[C@H]1CCC[C@@H]1I. The molecule has 0 spiro atoms. The molecule has 0 radical (unpaired) electrons. The van der Waals surface area contributed by atoms with Gasteiger partial charge in [0.25, 0.3) is 0 Å².